The third-order valence-electron chi connectivity index (χ3n) is 3.26. The van der Waals surface area contributed by atoms with E-state index in [1.54, 1.807) is 0 Å². The molecule has 1 atom stereocenters. The van der Waals surface area contributed by atoms with Crippen molar-refractivity contribution in [2.75, 3.05) is 13.1 Å². The van der Waals surface area contributed by atoms with Crippen LogP contribution in [0.1, 0.15) is 38.1 Å². The molecule has 0 spiro atoms. The number of nitrogens with two attached hydrogens (primary N) is 1. The average molecular weight is 263 g/mol. The highest BCUT2D eigenvalue weighted by Crippen LogP contribution is 2.12. The summed E-state index contributed by atoms with van der Waals surface area (Å²) in [7, 11) is 0. The predicted octanol–water partition coefficient (Wildman–Crippen LogP) is 2.11. The zero-order valence-corrected chi connectivity index (χ0v) is 12.2. The molecule has 0 aliphatic carbocycles. The van der Waals surface area contributed by atoms with E-state index in [-0.39, 0.29) is 11.8 Å². The lowest BCUT2D eigenvalue weighted by atomic mass is 10.0. The minimum absolute atomic E-state index is 0.0604. The van der Waals surface area contributed by atoms with Gasteiger partial charge in [-0.3, -0.25) is 9.78 Å². The molecule has 0 aliphatic heterocycles. The van der Waals surface area contributed by atoms with Gasteiger partial charge in [-0.05, 0) is 32.4 Å². The van der Waals surface area contributed by atoms with Crippen LogP contribution in [0.15, 0.2) is 18.2 Å². The lowest BCUT2D eigenvalue weighted by Crippen LogP contribution is -2.38. The molecule has 106 valence electrons. The number of hydrogen-bond donors (Lipinski definition) is 1. The second kappa shape index (κ2) is 7.89. The second-order valence-electron chi connectivity index (χ2n) is 4.84. The van der Waals surface area contributed by atoms with Gasteiger partial charge in [0.2, 0.25) is 5.91 Å². The lowest BCUT2D eigenvalue weighted by molar-refractivity contribution is -0.135. The van der Waals surface area contributed by atoms with E-state index in [4.69, 9.17) is 5.73 Å². The summed E-state index contributed by atoms with van der Waals surface area (Å²) in [5, 5.41) is 0. The summed E-state index contributed by atoms with van der Waals surface area (Å²) in [5.74, 6) is 0.0879. The van der Waals surface area contributed by atoms with Crippen LogP contribution in [0.4, 0.5) is 0 Å². The van der Waals surface area contributed by atoms with Crippen LogP contribution in [0, 0.1) is 12.8 Å². The van der Waals surface area contributed by atoms with Crippen LogP contribution in [0.25, 0.3) is 0 Å². The van der Waals surface area contributed by atoms with Crippen LogP contribution in [0.5, 0.6) is 0 Å². The van der Waals surface area contributed by atoms with E-state index in [1.165, 1.54) is 0 Å². The van der Waals surface area contributed by atoms with Gasteiger partial charge in [-0.2, -0.15) is 0 Å². The third kappa shape index (κ3) is 4.63. The van der Waals surface area contributed by atoms with Gasteiger partial charge in [0.1, 0.15) is 0 Å². The van der Waals surface area contributed by atoms with Crippen molar-refractivity contribution in [2.24, 2.45) is 11.7 Å². The number of carbonyl (C=O) groups excluding carboxylic acids is 1. The van der Waals surface area contributed by atoms with Gasteiger partial charge in [-0.25, -0.2) is 0 Å². The van der Waals surface area contributed by atoms with E-state index < -0.39 is 0 Å². The number of aromatic nitrogens is 1. The highest BCUT2D eigenvalue weighted by Gasteiger charge is 2.21. The van der Waals surface area contributed by atoms with E-state index in [2.05, 4.69) is 11.9 Å². The SMILES string of the molecule is CCCC(CN)C(=O)N(CC)Cc1cccc(C)n1. The first-order valence-corrected chi connectivity index (χ1v) is 7.03. The Kier molecular flexibility index (Phi) is 6.50. The molecule has 4 nitrogen and oxygen atoms in total. The van der Waals surface area contributed by atoms with Gasteiger partial charge in [0.05, 0.1) is 18.2 Å². The van der Waals surface area contributed by atoms with Crippen molar-refractivity contribution in [1.29, 1.82) is 0 Å². The maximum absolute atomic E-state index is 12.4. The predicted molar refractivity (Wildman–Crippen MR) is 77.5 cm³/mol. The molecule has 0 saturated heterocycles. The number of rotatable bonds is 7. The van der Waals surface area contributed by atoms with Crippen LogP contribution in [0.2, 0.25) is 0 Å². The van der Waals surface area contributed by atoms with E-state index in [0.717, 1.165) is 24.2 Å². The van der Waals surface area contributed by atoms with Crippen LogP contribution < -0.4 is 5.73 Å². The molecular formula is C15H25N3O. The number of aryl methyl sites for hydroxylation is 1. The maximum atomic E-state index is 12.4. The zero-order valence-electron chi connectivity index (χ0n) is 12.2. The van der Waals surface area contributed by atoms with Gasteiger partial charge in [0.25, 0.3) is 0 Å². The van der Waals surface area contributed by atoms with E-state index in [1.807, 2.05) is 36.9 Å². The molecule has 2 N–H and O–H groups in total. The maximum Gasteiger partial charge on any atom is 0.227 e. The van der Waals surface area contributed by atoms with Gasteiger partial charge in [-0.1, -0.05) is 19.4 Å². The van der Waals surface area contributed by atoms with Crippen molar-refractivity contribution in [2.45, 2.75) is 40.2 Å². The fourth-order valence-corrected chi connectivity index (χ4v) is 2.18. The number of pyridine rings is 1. The number of hydrogen-bond acceptors (Lipinski definition) is 3. The fourth-order valence-electron chi connectivity index (χ4n) is 2.18. The molecule has 1 aromatic rings. The number of amides is 1. The van der Waals surface area contributed by atoms with E-state index >= 15 is 0 Å². The fraction of sp³-hybridized carbons (Fsp3) is 0.600. The van der Waals surface area contributed by atoms with Crippen LogP contribution >= 0.6 is 0 Å². The molecule has 0 aliphatic rings. The number of nitrogens with zero attached hydrogens (tertiary/aromatic N) is 2. The van der Waals surface area contributed by atoms with Crippen molar-refractivity contribution < 1.29 is 4.79 Å². The zero-order chi connectivity index (χ0) is 14.3. The minimum Gasteiger partial charge on any atom is -0.337 e. The summed E-state index contributed by atoms with van der Waals surface area (Å²) >= 11 is 0. The van der Waals surface area contributed by atoms with Gasteiger partial charge in [-0.15, -0.1) is 0 Å². The minimum atomic E-state index is -0.0604. The van der Waals surface area contributed by atoms with Crippen LogP contribution in [-0.4, -0.2) is 28.9 Å². The largest absolute Gasteiger partial charge is 0.337 e. The molecule has 1 rings (SSSR count). The molecule has 0 aromatic carbocycles. The average Bonchev–Trinajstić information content (AvgIpc) is 2.41. The monoisotopic (exact) mass is 263 g/mol. The standard InChI is InChI=1S/C15H25N3O/c1-4-7-13(10-16)15(19)18(5-2)11-14-9-6-8-12(3)17-14/h6,8-9,13H,4-5,7,10-11,16H2,1-3H3. The first kappa shape index (κ1) is 15.6. The Morgan fingerprint density at radius 3 is 2.68 bits per heavy atom. The summed E-state index contributed by atoms with van der Waals surface area (Å²) in [6, 6.07) is 5.89. The summed E-state index contributed by atoms with van der Waals surface area (Å²) in [4.78, 5) is 18.7. The molecule has 0 radical (unpaired) electrons. The first-order chi connectivity index (χ1) is 9.12. The van der Waals surface area contributed by atoms with Crippen molar-refractivity contribution in [3.8, 4) is 0 Å². The highest BCUT2D eigenvalue weighted by molar-refractivity contribution is 5.79. The Bertz CT molecular complexity index is 406. The van der Waals surface area contributed by atoms with Crippen molar-refractivity contribution in [3.63, 3.8) is 0 Å². The summed E-state index contributed by atoms with van der Waals surface area (Å²) in [6.07, 6.45) is 1.83. The Balaban J connectivity index is 2.74. The third-order valence-corrected chi connectivity index (χ3v) is 3.26. The molecule has 19 heavy (non-hydrogen) atoms. The Morgan fingerprint density at radius 1 is 1.42 bits per heavy atom. The summed E-state index contributed by atoms with van der Waals surface area (Å²) in [5.41, 5.74) is 7.62. The van der Waals surface area contributed by atoms with Crippen LogP contribution in [0.3, 0.4) is 0 Å². The molecule has 4 heteroatoms. The molecule has 0 bridgehead atoms. The molecule has 0 saturated carbocycles. The molecule has 1 aromatic heterocycles. The molecule has 1 unspecified atom stereocenters. The van der Waals surface area contributed by atoms with Gasteiger partial charge in [0.15, 0.2) is 0 Å². The number of carbonyl (C=O) groups is 1. The lowest BCUT2D eigenvalue weighted by Gasteiger charge is -2.25. The van der Waals surface area contributed by atoms with E-state index in [9.17, 15) is 4.79 Å². The smallest absolute Gasteiger partial charge is 0.227 e. The van der Waals surface area contributed by atoms with Crippen molar-refractivity contribution in [3.05, 3.63) is 29.6 Å². The molecule has 1 amide bonds. The second-order valence-corrected chi connectivity index (χ2v) is 4.84. The van der Waals surface area contributed by atoms with Crippen molar-refractivity contribution in [1.82, 2.24) is 9.88 Å². The topological polar surface area (TPSA) is 59.2 Å². The molecular weight excluding hydrogens is 238 g/mol. The Labute approximate surface area is 116 Å². The van der Waals surface area contributed by atoms with Crippen LogP contribution in [-0.2, 0) is 11.3 Å². The van der Waals surface area contributed by atoms with Crippen molar-refractivity contribution >= 4 is 5.91 Å². The molecule has 0 fully saturated rings. The summed E-state index contributed by atoms with van der Waals surface area (Å²) in [6.45, 7) is 7.71. The van der Waals surface area contributed by atoms with Gasteiger partial charge in [0, 0.05) is 18.8 Å². The quantitative estimate of drug-likeness (QED) is 0.819. The van der Waals surface area contributed by atoms with Gasteiger partial charge < -0.3 is 10.6 Å². The normalized spacial score (nSPS) is 12.2. The van der Waals surface area contributed by atoms with E-state index in [0.29, 0.717) is 19.6 Å². The highest BCUT2D eigenvalue weighted by atomic mass is 16.2. The summed E-state index contributed by atoms with van der Waals surface area (Å²) < 4.78 is 0. The Morgan fingerprint density at radius 2 is 2.16 bits per heavy atom. The Hall–Kier alpha value is -1.42. The van der Waals surface area contributed by atoms with Gasteiger partial charge >= 0.3 is 0 Å². The first-order valence-electron chi connectivity index (χ1n) is 7.03. The molecule has 1 heterocycles.